The summed E-state index contributed by atoms with van der Waals surface area (Å²) in [5, 5.41) is 20.5. The molecule has 1 unspecified atom stereocenters. The average molecular weight is 243 g/mol. The number of nitriles is 1. The van der Waals surface area contributed by atoms with E-state index in [2.05, 4.69) is 5.32 Å². The summed E-state index contributed by atoms with van der Waals surface area (Å²) in [5.74, 6) is 0. The van der Waals surface area contributed by atoms with Crippen LogP contribution in [0.1, 0.15) is 17.0 Å². The third-order valence-corrected chi connectivity index (χ3v) is 2.71. The van der Waals surface area contributed by atoms with Crippen LogP contribution in [0.2, 0.25) is 0 Å². The van der Waals surface area contributed by atoms with E-state index in [-0.39, 0.29) is 6.54 Å². The first-order chi connectivity index (χ1) is 7.97. The molecule has 1 atom stereocenters. The molecule has 0 aliphatic rings. The Morgan fingerprint density at radius 2 is 2.24 bits per heavy atom. The topological polar surface area (TPSA) is 61.0 Å². The van der Waals surface area contributed by atoms with Crippen molar-refractivity contribution in [2.45, 2.75) is 26.0 Å². The van der Waals surface area contributed by atoms with E-state index in [1.165, 1.54) is 0 Å². The smallest absolute Gasteiger partial charge is 0.265 e. The van der Waals surface area contributed by atoms with Gasteiger partial charge in [-0.1, -0.05) is 0 Å². The van der Waals surface area contributed by atoms with Gasteiger partial charge in [0.25, 0.3) is 6.43 Å². The average Bonchev–Trinajstić information content (AvgIpc) is 2.56. The molecule has 2 N–H and O–H groups in total. The summed E-state index contributed by atoms with van der Waals surface area (Å²) < 4.78 is 25.8. The van der Waals surface area contributed by atoms with E-state index in [1.54, 1.807) is 17.7 Å². The Kier molecular flexibility index (Phi) is 4.61. The third-order valence-electron chi connectivity index (χ3n) is 2.71. The lowest BCUT2D eigenvalue weighted by molar-refractivity contribution is -0.00341. The van der Waals surface area contributed by atoms with Crippen molar-refractivity contribution >= 4 is 0 Å². The molecule has 1 heterocycles. The van der Waals surface area contributed by atoms with Gasteiger partial charge >= 0.3 is 0 Å². The first kappa shape index (κ1) is 13.6. The molecule has 0 aliphatic heterocycles. The van der Waals surface area contributed by atoms with Crippen LogP contribution in [0.3, 0.4) is 0 Å². The van der Waals surface area contributed by atoms with Crippen LogP contribution in [0.25, 0.3) is 0 Å². The Bertz CT molecular complexity index is 423. The first-order valence-corrected chi connectivity index (χ1v) is 5.19. The summed E-state index contributed by atoms with van der Waals surface area (Å²) in [6.45, 7) is 2.03. The highest BCUT2D eigenvalue weighted by Crippen LogP contribution is 2.13. The molecule has 0 aliphatic carbocycles. The van der Waals surface area contributed by atoms with Crippen LogP contribution < -0.4 is 5.32 Å². The van der Waals surface area contributed by atoms with Crippen LogP contribution in [-0.4, -0.2) is 28.7 Å². The lowest BCUT2D eigenvalue weighted by atomic mass is 10.2. The fraction of sp³-hybridized carbons (Fsp3) is 0.545. The molecule has 6 heteroatoms. The Morgan fingerprint density at radius 1 is 1.59 bits per heavy atom. The highest BCUT2D eigenvalue weighted by molar-refractivity contribution is 5.33. The van der Waals surface area contributed by atoms with Crippen LogP contribution in [0.4, 0.5) is 8.78 Å². The summed E-state index contributed by atoms with van der Waals surface area (Å²) in [5.41, 5.74) is 2.29. The molecular formula is C11H15F2N3O. The normalized spacial score (nSPS) is 12.8. The highest BCUT2D eigenvalue weighted by atomic mass is 19.3. The van der Waals surface area contributed by atoms with Gasteiger partial charge < -0.3 is 15.0 Å². The molecule has 0 bridgehead atoms. The maximum atomic E-state index is 12.0. The molecule has 0 spiro atoms. The van der Waals surface area contributed by atoms with Crippen LogP contribution in [-0.2, 0) is 13.6 Å². The maximum Gasteiger partial charge on any atom is 0.265 e. The van der Waals surface area contributed by atoms with E-state index in [1.807, 2.05) is 13.0 Å². The summed E-state index contributed by atoms with van der Waals surface area (Å²) in [4.78, 5) is 0. The number of nitrogens with zero attached hydrogens (tertiary/aromatic N) is 2. The van der Waals surface area contributed by atoms with E-state index in [9.17, 15) is 8.78 Å². The number of hydrogen-bond donors (Lipinski definition) is 2. The number of nitrogens with one attached hydrogen (secondary N) is 1. The molecule has 17 heavy (non-hydrogen) atoms. The number of alkyl halides is 2. The van der Waals surface area contributed by atoms with Gasteiger partial charge in [0.05, 0.1) is 0 Å². The number of aliphatic hydroxyl groups is 1. The monoisotopic (exact) mass is 243 g/mol. The Labute approximate surface area is 98.5 Å². The molecule has 1 rings (SSSR count). The van der Waals surface area contributed by atoms with Crippen LogP contribution >= 0.6 is 0 Å². The van der Waals surface area contributed by atoms with Crippen LogP contribution in [0.15, 0.2) is 6.07 Å². The fourth-order valence-electron chi connectivity index (χ4n) is 1.49. The second-order valence-corrected chi connectivity index (χ2v) is 3.84. The molecule has 1 aromatic heterocycles. The van der Waals surface area contributed by atoms with Crippen LogP contribution in [0, 0.1) is 18.3 Å². The van der Waals surface area contributed by atoms with Gasteiger partial charge in [-0.2, -0.15) is 5.26 Å². The largest absolute Gasteiger partial charge is 0.386 e. The molecule has 1 aromatic rings. The molecule has 94 valence electrons. The highest BCUT2D eigenvalue weighted by Gasteiger charge is 2.16. The number of aliphatic hydroxyl groups excluding tert-OH is 1. The minimum absolute atomic E-state index is 0.173. The van der Waals surface area contributed by atoms with Crippen molar-refractivity contribution in [2.24, 2.45) is 7.05 Å². The lowest BCUT2D eigenvalue weighted by Crippen LogP contribution is -2.31. The van der Waals surface area contributed by atoms with Crippen molar-refractivity contribution < 1.29 is 13.9 Å². The summed E-state index contributed by atoms with van der Waals surface area (Å²) in [7, 11) is 1.77. The Hall–Kier alpha value is -1.45. The number of halogens is 2. The van der Waals surface area contributed by atoms with Crippen molar-refractivity contribution in [3.63, 3.8) is 0 Å². The zero-order chi connectivity index (χ0) is 13.0. The standard InChI is InChI=1S/C11H15F2N3O/c1-7-8(3-9(4-14)16(7)2)5-15-6-10(17)11(12)13/h3,10-11,15,17H,5-6H2,1-2H3. The van der Waals surface area contributed by atoms with Gasteiger partial charge in [-0.25, -0.2) is 8.78 Å². The number of aromatic nitrogens is 1. The van der Waals surface area contributed by atoms with Crippen LogP contribution in [0.5, 0.6) is 0 Å². The molecule has 0 saturated heterocycles. The van der Waals surface area contributed by atoms with Gasteiger partial charge in [-0.15, -0.1) is 0 Å². The quantitative estimate of drug-likeness (QED) is 0.808. The predicted molar refractivity (Wildman–Crippen MR) is 58.6 cm³/mol. The zero-order valence-corrected chi connectivity index (χ0v) is 9.74. The number of hydrogen-bond acceptors (Lipinski definition) is 3. The zero-order valence-electron chi connectivity index (χ0n) is 9.74. The van der Waals surface area contributed by atoms with E-state index >= 15 is 0 Å². The lowest BCUT2D eigenvalue weighted by Gasteiger charge is -2.10. The Morgan fingerprint density at radius 3 is 2.71 bits per heavy atom. The van der Waals surface area contributed by atoms with E-state index < -0.39 is 12.5 Å². The minimum Gasteiger partial charge on any atom is -0.386 e. The molecule has 4 nitrogen and oxygen atoms in total. The van der Waals surface area contributed by atoms with Crippen molar-refractivity contribution in [1.82, 2.24) is 9.88 Å². The SMILES string of the molecule is Cc1c(CNCC(O)C(F)F)cc(C#N)n1C. The number of rotatable bonds is 5. The molecule has 0 fully saturated rings. The van der Waals surface area contributed by atoms with Gasteiger partial charge in [-0.05, 0) is 18.6 Å². The molecule has 0 radical (unpaired) electrons. The minimum atomic E-state index is -2.74. The predicted octanol–water partition coefficient (Wildman–Crippen LogP) is 0.921. The van der Waals surface area contributed by atoms with Gasteiger partial charge in [0.15, 0.2) is 0 Å². The Balaban J connectivity index is 2.56. The van der Waals surface area contributed by atoms with Gasteiger partial charge in [0.2, 0.25) is 0 Å². The molecular weight excluding hydrogens is 228 g/mol. The molecule has 0 amide bonds. The molecule has 0 saturated carbocycles. The van der Waals surface area contributed by atoms with E-state index in [0.717, 1.165) is 11.3 Å². The molecule has 0 aromatic carbocycles. The maximum absolute atomic E-state index is 12.0. The summed E-state index contributed by atoms with van der Waals surface area (Å²) in [6.07, 6.45) is -4.40. The second-order valence-electron chi connectivity index (χ2n) is 3.84. The van der Waals surface area contributed by atoms with Crippen molar-refractivity contribution in [3.8, 4) is 6.07 Å². The van der Waals surface area contributed by atoms with Gasteiger partial charge in [0.1, 0.15) is 17.9 Å². The van der Waals surface area contributed by atoms with Gasteiger partial charge in [0, 0.05) is 25.8 Å². The van der Waals surface area contributed by atoms with Crippen molar-refractivity contribution in [3.05, 3.63) is 23.0 Å². The van der Waals surface area contributed by atoms with Crippen molar-refractivity contribution in [1.29, 1.82) is 5.26 Å². The van der Waals surface area contributed by atoms with E-state index in [0.29, 0.717) is 12.2 Å². The van der Waals surface area contributed by atoms with E-state index in [4.69, 9.17) is 10.4 Å². The fourth-order valence-corrected chi connectivity index (χ4v) is 1.49. The second kappa shape index (κ2) is 5.75. The van der Waals surface area contributed by atoms with Gasteiger partial charge in [-0.3, -0.25) is 0 Å². The first-order valence-electron chi connectivity index (χ1n) is 5.19. The third kappa shape index (κ3) is 3.25. The summed E-state index contributed by atoms with van der Waals surface area (Å²) in [6, 6.07) is 3.75. The summed E-state index contributed by atoms with van der Waals surface area (Å²) >= 11 is 0. The van der Waals surface area contributed by atoms with Crippen molar-refractivity contribution in [2.75, 3.05) is 6.54 Å².